The minimum atomic E-state index is -0.403. The third kappa shape index (κ3) is 4.39. The molecule has 0 fully saturated rings. The van der Waals surface area contributed by atoms with Crippen molar-refractivity contribution in [3.63, 3.8) is 0 Å². The van der Waals surface area contributed by atoms with E-state index in [1.54, 1.807) is 30.3 Å². The van der Waals surface area contributed by atoms with Gasteiger partial charge in [-0.3, -0.25) is 4.79 Å². The first-order chi connectivity index (χ1) is 13.0. The van der Waals surface area contributed by atoms with E-state index in [2.05, 4.69) is 10.5 Å². The number of halogens is 1. The van der Waals surface area contributed by atoms with Crippen molar-refractivity contribution in [3.8, 4) is 21.9 Å². The number of hydrogen-bond acceptors (Lipinski definition) is 6. The van der Waals surface area contributed by atoms with E-state index in [0.717, 1.165) is 10.4 Å². The number of benzene rings is 2. The molecule has 4 N–H and O–H groups in total. The number of phenolic OH excluding ortho intramolecular Hbond substituents is 1. The van der Waals surface area contributed by atoms with Crippen LogP contribution in [0, 0.1) is 0 Å². The molecule has 27 heavy (non-hydrogen) atoms. The number of carbonyl (C=O) groups excluding carboxylic acids is 1. The van der Waals surface area contributed by atoms with Crippen molar-refractivity contribution in [2.75, 3.05) is 12.8 Å². The largest absolute Gasteiger partial charge is 0.504 e. The van der Waals surface area contributed by atoms with Crippen molar-refractivity contribution < 1.29 is 14.6 Å². The monoisotopic (exact) mass is 401 g/mol. The van der Waals surface area contributed by atoms with E-state index in [-0.39, 0.29) is 5.75 Å². The molecule has 2 aromatic carbocycles. The SMILES string of the molecule is COc1cc(/C=N/NC(=O)c2sc(-c3ccc(Cl)cc3)cc2N)ccc1O. The molecule has 0 aliphatic carbocycles. The minimum Gasteiger partial charge on any atom is -0.504 e. The van der Waals surface area contributed by atoms with Gasteiger partial charge < -0.3 is 15.6 Å². The Labute approximate surface area is 164 Å². The second-order valence-electron chi connectivity index (χ2n) is 5.53. The summed E-state index contributed by atoms with van der Waals surface area (Å²) in [5.74, 6) is -0.0557. The van der Waals surface area contributed by atoms with Gasteiger partial charge in [-0.15, -0.1) is 11.3 Å². The van der Waals surface area contributed by atoms with E-state index in [9.17, 15) is 9.90 Å². The molecule has 0 aliphatic rings. The van der Waals surface area contributed by atoms with E-state index in [4.69, 9.17) is 22.1 Å². The van der Waals surface area contributed by atoms with Crippen molar-refractivity contribution in [1.82, 2.24) is 5.43 Å². The number of thiophene rings is 1. The Hall–Kier alpha value is -3.03. The minimum absolute atomic E-state index is 0.0276. The topological polar surface area (TPSA) is 96.9 Å². The molecule has 0 saturated heterocycles. The number of nitrogen functional groups attached to an aromatic ring is 1. The van der Waals surface area contributed by atoms with Crippen LogP contribution >= 0.6 is 22.9 Å². The third-order valence-corrected chi connectivity index (χ3v) is 5.13. The van der Waals surface area contributed by atoms with E-state index >= 15 is 0 Å². The molecule has 0 atom stereocenters. The van der Waals surface area contributed by atoms with Crippen molar-refractivity contribution in [2.45, 2.75) is 0 Å². The number of nitrogens with zero attached hydrogens (tertiary/aromatic N) is 1. The zero-order valence-corrected chi connectivity index (χ0v) is 15.8. The van der Waals surface area contributed by atoms with Crippen LogP contribution in [0.1, 0.15) is 15.2 Å². The Bertz CT molecular complexity index is 1000. The lowest BCUT2D eigenvalue weighted by Crippen LogP contribution is -2.17. The molecule has 138 valence electrons. The molecule has 6 nitrogen and oxygen atoms in total. The highest BCUT2D eigenvalue weighted by Crippen LogP contribution is 2.33. The predicted octanol–water partition coefficient (Wildman–Crippen LogP) is 4.13. The lowest BCUT2D eigenvalue weighted by atomic mass is 10.2. The average molecular weight is 402 g/mol. The molecule has 1 aromatic heterocycles. The highest BCUT2D eigenvalue weighted by molar-refractivity contribution is 7.18. The average Bonchev–Trinajstić information content (AvgIpc) is 3.05. The predicted molar refractivity (Wildman–Crippen MR) is 109 cm³/mol. The lowest BCUT2D eigenvalue weighted by Gasteiger charge is -2.03. The normalized spacial score (nSPS) is 10.9. The summed E-state index contributed by atoms with van der Waals surface area (Å²) in [6.07, 6.45) is 1.45. The molecule has 0 radical (unpaired) electrons. The van der Waals surface area contributed by atoms with Crippen LogP contribution in [0.25, 0.3) is 10.4 Å². The number of aromatic hydroxyl groups is 1. The summed E-state index contributed by atoms with van der Waals surface area (Å²) in [5, 5.41) is 14.2. The fourth-order valence-corrected chi connectivity index (χ4v) is 3.43. The summed E-state index contributed by atoms with van der Waals surface area (Å²) in [4.78, 5) is 13.6. The maximum absolute atomic E-state index is 12.4. The van der Waals surface area contributed by atoms with E-state index < -0.39 is 5.91 Å². The maximum atomic E-state index is 12.4. The maximum Gasteiger partial charge on any atom is 0.283 e. The molecular formula is C19H16ClN3O3S. The molecule has 1 amide bonds. The number of carbonyl (C=O) groups is 1. The van der Waals surface area contributed by atoms with Gasteiger partial charge in [0, 0.05) is 9.90 Å². The van der Waals surface area contributed by atoms with Crippen LogP contribution in [-0.2, 0) is 0 Å². The van der Waals surface area contributed by atoms with Crippen LogP contribution in [0.15, 0.2) is 53.6 Å². The van der Waals surface area contributed by atoms with Gasteiger partial charge >= 0.3 is 0 Å². The number of nitrogens with two attached hydrogens (primary N) is 1. The Kier molecular flexibility index (Phi) is 5.63. The first-order valence-corrected chi connectivity index (χ1v) is 9.03. The van der Waals surface area contributed by atoms with Gasteiger partial charge in [0.05, 0.1) is 19.0 Å². The van der Waals surface area contributed by atoms with Gasteiger partial charge in [0.1, 0.15) is 4.88 Å². The summed E-state index contributed by atoms with van der Waals surface area (Å²) in [6.45, 7) is 0. The zero-order valence-electron chi connectivity index (χ0n) is 14.3. The Morgan fingerprint density at radius 1 is 1.26 bits per heavy atom. The molecule has 3 aromatic rings. The molecule has 0 unspecified atom stereocenters. The Morgan fingerprint density at radius 2 is 2.00 bits per heavy atom. The van der Waals surface area contributed by atoms with Gasteiger partial charge in [-0.2, -0.15) is 5.10 Å². The molecule has 8 heteroatoms. The lowest BCUT2D eigenvalue weighted by molar-refractivity contribution is 0.0960. The van der Waals surface area contributed by atoms with Crippen molar-refractivity contribution in [3.05, 3.63) is 64.0 Å². The zero-order chi connectivity index (χ0) is 19.4. The van der Waals surface area contributed by atoms with Gasteiger partial charge in [-0.1, -0.05) is 23.7 Å². The Morgan fingerprint density at radius 3 is 2.70 bits per heavy atom. The van der Waals surface area contributed by atoms with E-state index in [0.29, 0.717) is 26.9 Å². The smallest absolute Gasteiger partial charge is 0.283 e. The summed E-state index contributed by atoms with van der Waals surface area (Å²) >= 11 is 7.17. The van der Waals surface area contributed by atoms with Crippen LogP contribution in [0.3, 0.4) is 0 Å². The molecule has 0 spiro atoms. The fourth-order valence-electron chi connectivity index (χ4n) is 2.33. The number of rotatable bonds is 5. The second kappa shape index (κ2) is 8.11. The summed E-state index contributed by atoms with van der Waals surface area (Å²) in [6, 6.07) is 13.8. The summed E-state index contributed by atoms with van der Waals surface area (Å²) in [5.41, 5.74) is 10.4. The summed E-state index contributed by atoms with van der Waals surface area (Å²) < 4.78 is 5.03. The number of ether oxygens (including phenoxy) is 1. The Balaban J connectivity index is 1.72. The van der Waals surface area contributed by atoms with Crippen molar-refractivity contribution in [2.24, 2.45) is 5.10 Å². The van der Waals surface area contributed by atoms with E-state index in [1.165, 1.54) is 30.7 Å². The van der Waals surface area contributed by atoms with Crippen LogP contribution < -0.4 is 15.9 Å². The standard InChI is InChI=1S/C19H16ClN3O3S/c1-26-16-8-11(2-7-15(16)24)10-22-23-19(25)18-14(21)9-17(27-18)12-3-5-13(20)6-4-12/h2-10,24H,21H2,1H3,(H,23,25)/b22-10+. The number of methoxy groups -OCH3 is 1. The van der Waals surface area contributed by atoms with Gasteiger partial charge in [-0.05, 0) is 47.5 Å². The van der Waals surface area contributed by atoms with Gasteiger partial charge in [-0.25, -0.2) is 5.43 Å². The fraction of sp³-hybridized carbons (Fsp3) is 0.0526. The van der Waals surface area contributed by atoms with Crippen LogP contribution in [0.5, 0.6) is 11.5 Å². The summed E-state index contributed by atoms with van der Waals surface area (Å²) in [7, 11) is 1.45. The third-order valence-electron chi connectivity index (χ3n) is 3.68. The van der Waals surface area contributed by atoms with Crippen molar-refractivity contribution >= 4 is 40.7 Å². The van der Waals surface area contributed by atoms with Crippen molar-refractivity contribution in [1.29, 1.82) is 0 Å². The van der Waals surface area contributed by atoms with E-state index in [1.807, 2.05) is 12.1 Å². The van der Waals surface area contributed by atoms with Crippen LogP contribution in [-0.4, -0.2) is 24.3 Å². The number of hydrogen-bond donors (Lipinski definition) is 3. The van der Waals surface area contributed by atoms with Crippen LogP contribution in [0.4, 0.5) is 5.69 Å². The quantitative estimate of drug-likeness (QED) is 0.442. The number of anilines is 1. The highest BCUT2D eigenvalue weighted by atomic mass is 35.5. The molecule has 0 saturated carbocycles. The molecular weight excluding hydrogens is 386 g/mol. The van der Waals surface area contributed by atoms with Gasteiger partial charge in [0.25, 0.3) is 5.91 Å². The molecule has 0 aliphatic heterocycles. The van der Waals surface area contributed by atoms with Crippen LogP contribution in [0.2, 0.25) is 5.02 Å². The first kappa shape index (κ1) is 18.8. The second-order valence-corrected chi connectivity index (χ2v) is 7.02. The number of hydrazone groups is 1. The highest BCUT2D eigenvalue weighted by Gasteiger charge is 2.15. The molecule has 1 heterocycles. The number of nitrogens with one attached hydrogen (secondary N) is 1. The van der Waals surface area contributed by atoms with Gasteiger partial charge in [0.15, 0.2) is 11.5 Å². The number of phenols is 1. The molecule has 3 rings (SSSR count). The number of amides is 1. The van der Waals surface area contributed by atoms with Gasteiger partial charge in [0.2, 0.25) is 0 Å². The first-order valence-electron chi connectivity index (χ1n) is 7.83. The molecule has 0 bridgehead atoms.